The fourth-order valence-electron chi connectivity index (χ4n) is 1.47. The SMILES string of the molecule is CCNCc1nnc(Oc2ccccc2C(F)(F)F)s1. The number of nitrogens with one attached hydrogen (secondary N) is 1. The number of hydrogen-bond acceptors (Lipinski definition) is 5. The third-order valence-corrected chi connectivity index (χ3v) is 3.17. The maximum Gasteiger partial charge on any atom is 0.419 e. The summed E-state index contributed by atoms with van der Waals surface area (Å²) >= 11 is 1.11. The van der Waals surface area contributed by atoms with E-state index in [0.717, 1.165) is 23.9 Å². The first-order chi connectivity index (χ1) is 9.50. The first-order valence-electron chi connectivity index (χ1n) is 5.88. The Hall–Kier alpha value is -1.67. The second-order valence-corrected chi connectivity index (χ2v) is 4.86. The van der Waals surface area contributed by atoms with Crippen LogP contribution in [0, 0.1) is 0 Å². The molecule has 0 radical (unpaired) electrons. The number of alkyl halides is 3. The third-order valence-electron chi connectivity index (χ3n) is 2.36. The molecule has 108 valence electrons. The number of aromatic nitrogens is 2. The van der Waals surface area contributed by atoms with Crippen LogP contribution in [-0.4, -0.2) is 16.7 Å². The van der Waals surface area contributed by atoms with E-state index in [9.17, 15) is 13.2 Å². The molecule has 0 spiro atoms. The van der Waals surface area contributed by atoms with E-state index < -0.39 is 11.7 Å². The Labute approximate surface area is 117 Å². The van der Waals surface area contributed by atoms with Crippen molar-refractivity contribution in [2.45, 2.75) is 19.6 Å². The quantitative estimate of drug-likeness (QED) is 0.919. The Morgan fingerprint density at radius 3 is 2.70 bits per heavy atom. The lowest BCUT2D eigenvalue weighted by Crippen LogP contribution is -2.11. The first kappa shape index (κ1) is 14.7. The van der Waals surface area contributed by atoms with Crippen molar-refractivity contribution in [1.29, 1.82) is 0 Å². The van der Waals surface area contributed by atoms with Crippen LogP contribution in [0.15, 0.2) is 24.3 Å². The van der Waals surface area contributed by atoms with E-state index in [1.165, 1.54) is 18.2 Å². The molecule has 0 aliphatic carbocycles. The molecule has 20 heavy (non-hydrogen) atoms. The van der Waals surface area contributed by atoms with Crippen molar-refractivity contribution >= 4 is 11.3 Å². The molecule has 1 N–H and O–H groups in total. The molecular formula is C12H12F3N3OS. The smallest absolute Gasteiger partial charge is 0.419 e. The number of rotatable bonds is 5. The molecule has 1 heterocycles. The topological polar surface area (TPSA) is 47.0 Å². The van der Waals surface area contributed by atoms with Gasteiger partial charge in [0, 0.05) is 6.54 Å². The van der Waals surface area contributed by atoms with E-state index in [0.29, 0.717) is 11.6 Å². The molecule has 0 fully saturated rings. The average Bonchev–Trinajstić information content (AvgIpc) is 2.83. The first-order valence-corrected chi connectivity index (χ1v) is 6.69. The lowest BCUT2D eigenvalue weighted by atomic mass is 10.2. The van der Waals surface area contributed by atoms with Crippen LogP contribution in [0.1, 0.15) is 17.5 Å². The molecule has 2 aromatic rings. The second kappa shape index (κ2) is 6.19. The van der Waals surface area contributed by atoms with Gasteiger partial charge in [-0.3, -0.25) is 0 Å². The van der Waals surface area contributed by atoms with Gasteiger partial charge in [-0.1, -0.05) is 35.5 Å². The summed E-state index contributed by atoms with van der Waals surface area (Å²) in [6.07, 6.45) is -4.46. The number of nitrogens with zero attached hydrogens (tertiary/aromatic N) is 2. The number of para-hydroxylation sites is 1. The van der Waals surface area contributed by atoms with Gasteiger partial charge in [-0.15, -0.1) is 5.10 Å². The predicted octanol–water partition coefficient (Wildman–Crippen LogP) is 3.46. The summed E-state index contributed by atoms with van der Waals surface area (Å²) in [6, 6.07) is 5.02. The summed E-state index contributed by atoms with van der Waals surface area (Å²) in [5.74, 6) is -0.272. The standard InChI is InChI=1S/C12H12F3N3OS/c1-2-16-7-10-17-18-11(20-10)19-9-6-4-3-5-8(9)12(13,14)15/h3-6,16H,2,7H2,1H3. The minimum atomic E-state index is -4.46. The summed E-state index contributed by atoms with van der Waals surface area (Å²) in [6.45, 7) is 3.23. The number of benzene rings is 1. The van der Waals surface area contributed by atoms with Crippen molar-refractivity contribution in [1.82, 2.24) is 15.5 Å². The van der Waals surface area contributed by atoms with E-state index in [4.69, 9.17) is 4.74 Å². The molecule has 4 nitrogen and oxygen atoms in total. The fraction of sp³-hybridized carbons (Fsp3) is 0.333. The Morgan fingerprint density at radius 2 is 2.00 bits per heavy atom. The zero-order valence-electron chi connectivity index (χ0n) is 10.6. The number of hydrogen-bond donors (Lipinski definition) is 1. The van der Waals surface area contributed by atoms with Crippen LogP contribution < -0.4 is 10.1 Å². The third kappa shape index (κ3) is 3.67. The number of halogens is 3. The van der Waals surface area contributed by atoms with Gasteiger partial charge in [0.2, 0.25) is 0 Å². The highest BCUT2D eigenvalue weighted by atomic mass is 32.1. The van der Waals surface area contributed by atoms with Gasteiger partial charge < -0.3 is 10.1 Å². The monoisotopic (exact) mass is 303 g/mol. The van der Waals surface area contributed by atoms with Gasteiger partial charge in [0.25, 0.3) is 5.19 Å². The average molecular weight is 303 g/mol. The summed E-state index contributed by atoms with van der Waals surface area (Å²) in [5, 5.41) is 11.4. The molecule has 0 aliphatic rings. The molecule has 0 bridgehead atoms. The van der Waals surface area contributed by atoms with Crippen LogP contribution in [0.4, 0.5) is 13.2 Å². The van der Waals surface area contributed by atoms with Crippen LogP contribution in [0.2, 0.25) is 0 Å². The van der Waals surface area contributed by atoms with E-state index >= 15 is 0 Å². The van der Waals surface area contributed by atoms with Crippen molar-refractivity contribution in [3.63, 3.8) is 0 Å². The Balaban J connectivity index is 2.16. The fourth-order valence-corrected chi connectivity index (χ4v) is 2.14. The van der Waals surface area contributed by atoms with Gasteiger partial charge in [0.1, 0.15) is 10.8 Å². The van der Waals surface area contributed by atoms with Gasteiger partial charge in [-0.25, -0.2) is 0 Å². The van der Waals surface area contributed by atoms with Gasteiger partial charge in [-0.2, -0.15) is 13.2 Å². The molecule has 0 unspecified atom stereocenters. The Morgan fingerprint density at radius 1 is 1.25 bits per heavy atom. The van der Waals surface area contributed by atoms with Gasteiger partial charge in [-0.05, 0) is 18.7 Å². The molecule has 0 saturated carbocycles. The molecule has 1 aromatic carbocycles. The highest BCUT2D eigenvalue weighted by molar-refractivity contribution is 7.13. The molecule has 2 rings (SSSR count). The zero-order valence-corrected chi connectivity index (χ0v) is 11.4. The van der Waals surface area contributed by atoms with Gasteiger partial charge in [0.15, 0.2) is 0 Å². The van der Waals surface area contributed by atoms with Gasteiger partial charge >= 0.3 is 6.18 Å². The lowest BCUT2D eigenvalue weighted by molar-refractivity contribution is -0.138. The molecule has 0 aliphatic heterocycles. The van der Waals surface area contributed by atoms with Crippen LogP contribution in [0.5, 0.6) is 10.9 Å². The molecule has 0 atom stereocenters. The van der Waals surface area contributed by atoms with Crippen molar-refractivity contribution in [3.8, 4) is 10.9 Å². The van der Waals surface area contributed by atoms with Crippen LogP contribution in [-0.2, 0) is 12.7 Å². The van der Waals surface area contributed by atoms with E-state index in [2.05, 4.69) is 15.5 Å². The maximum atomic E-state index is 12.8. The molecule has 8 heteroatoms. The summed E-state index contributed by atoms with van der Waals surface area (Å²) in [4.78, 5) is 0. The lowest BCUT2D eigenvalue weighted by Gasteiger charge is -2.11. The highest BCUT2D eigenvalue weighted by Gasteiger charge is 2.34. The minimum Gasteiger partial charge on any atom is -0.429 e. The second-order valence-electron chi connectivity index (χ2n) is 3.84. The van der Waals surface area contributed by atoms with Crippen molar-refractivity contribution in [2.24, 2.45) is 0 Å². The summed E-state index contributed by atoms with van der Waals surface area (Å²) in [5.41, 5.74) is -0.830. The van der Waals surface area contributed by atoms with E-state index in [1.54, 1.807) is 0 Å². The molecule has 0 amide bonds. The van der Waals surface area contributed by atoms with E-state index in [-0.39, 0.29) is 10.9 Å². The van der Waals surface area contributed by atoms with Gasteiger partial charge in [0.05, 0.1) is 5.56 Å². The molecule has 1 aromatic heterocycles. The Bertz CT molecular complexity index is 571. The van der Waals surface area contributed by atoms with E-state index in [1.807, 2.05) is 6.92 Å². The predicted molar refractivity (Wildman–Crippen MR) is 68.8 cm³/mol. The van der Waals surface area contributed by atoms with Crippen molar-refractivity contribution < 1.29 is 17.9 Å². The number of ether oxygens (including phenoxy) is 1. The Kier molecular flexibility index (Phi) is 4.56. The summed E-state index contributed by atoms with van der Waals surface area (Å²) in [7, 11) is 0. The largest absolute Gasteiger partial charge is 0.429 e. The molecule has 0 saturated heterocycles. The zero-order chi connectivity index (χ0) is 14.6. The van der Waals surface area contributed by atoms with Crippen molar-refractivity contribution in [2.75, 3.05) is 6.54 Å². The minimum absolute atomic E-state index is 0.0922. The normalized spacial score (nSPS) is 11.6. The molecular weight excluding hydrogens is 291 g/mol. The van der Waals surface area contributed by atoms with Crippen LogP contribution in [0.3, 0.4) is 0 Å². The van der Waals surface area contributed by atoms with Crippen molar-refractivity contribution in [3.05, 3.63) is 34.8 Å². The maximum absolute atomic E-state index is 12.8. The highest BCUT2D eigenvalue weighted by Crippen LogP contribution is 2.38. The van der Waals surface area contributed by atoms with Crippen LogP contribution >= 0.6 is 11.3 Å². The van der Waals surface area contributed by atoms with Crippen LogP contribution in [0.25, 0.3) is 0 Å². The summed E-state index contributed by atoms with van der Waals surface area (Å²) < 4.78 is 43.6.